The number of hydrogen-bond acceptors (Lipinski definition) is 3. The summed E-state index contributed by atoms with van der Waals surface area (Å²) in [6, 6.07) is 2.01. The van der Waals surface area contributed by atoms with E-state index >= 15 is 0 Å². The maximum absolute atomic E-state index is 12.4. The van der Waals surface area contributed by atoms with E-state index in [1.54, 1.807) is 25.6 Å². The lowest BCUT2D eigenvalue weighted by Crippen LogP contribution is -2.36. The lowest BCUT2D eigenvalue weighted by Gasteiger charge is -2.23. The zero-order valence-electron chi connectivity index (χ0n) is 9.73. The van der Waals surface area contributed by atoms with Gasteiger partial charge >= 0.3 is 0 Å². The molecular weight excluding hydrogens is 284 g/mol. The van der Waals surface area contributed by atoms with Crippen LogP contribution in [-0.4, -0.2) is 40.8 Å². The number of nitrogens with zero attached hydrogens (tertiary/aromatic N) is 2. The lowest BCUT2D eigenvalue weighted by atomic mass is 10.2. The van der Waals surface area contributed by atoms with Crippen molar-refractivity contribution in [2.45, 2.75) is 18.9 Å². The fourth-order valence-electron chi connectivity index (χ4n) is 2.14. The number of ether oxygens (including phenoxy) is 1. The Labute approximate surface area is 109 Å². The van der Waals surface area contributed by atoms with Gasteiger partial charge in [-0.25, -0.2) is 0 Å². The molecule has 0 aliphatic carbocycles. The van der Waals surface area contributed by atoms with E-state index in [1.807, 2.05) is 4.90 Å². The van der Waals surface area contributed by atoms with Crippen molar-refractivity contribution in [1.82, 2.24) is 9.88 Å². The van der Waals surface area contributed by atoms with Crippen LogP contribution in [0.4, 0.5) is 0 Å². The molecule has 5 heteroatoms. The van der Waals surface area contributed by atoms with Crippen LogP contribution < -0.4 is 4.74 Å². The number of hydrogen-bond donors (Lipinski definition) is 0. The van der Waals surface area contributed by atoms with Crippen LogP contribution in [0.2, 0.25) is 0 Å². The van der Waals surface area contributed by atoms with Gasteiger partial charge in [0.25, 0.3) is 5.91 Å². The van der Waals surface area contributed by atoms with Crippen LogP contribution in [0.1, 0.15) is 23.2 Å². The number of aromatic nitrogens is 1. The number of carbonyl (C=O) groups excluding carboxylic acids is 1. The van der Waals surface area contributed by atoms with Crippen molar-refractivity contribution < 1.29 is 9.53 Å². The molecule has 0 saturated carbocycles. The van der Waals surface area contributed by atoms with Crippen molar-refractivity contribution in [3.05, 3.63) is 24.0 Å². The molecule has 1 aromatic heterocycles. The van der Waals surface area contributed by atoms with Crippen LogP contribution in [0.25, 0.3) is 0 Å². The van der Waals surface area contributed by atoms with Crippen molar-refractivity contribution in [1.29, 1.82) is 0 Å². The molecule has 2 heterocycles. The summed E-state index contributed by atoms with van der Waals surface area (Å²) in [6.07, 6.45) is 5.32. The molecule has 0 spiro atoms. The highest BCUT2D eigenvalue weighted by Crippen LogP contribution is 2.25. The number of likely N-dealkylation sites (tertiary alicyclic amines) is 1. The Kier molecular flexibility index (Phi) is 3.99. The Hall–Kier alpha value is -1.10. The van der Waals surface area contributed by atoms with Crippen molar-refractivity contribution >= 4 is 21.8 Å². The minimum Gasteiger partial charge on any atom is -0.494 e. The minimum atomic E-state index is 0.0335. The highest BCUT2D eigenvalue weighted by atomic mass is 79.9. The van der Waals surface area contributed by atoms with Gasteiger partial charge in [-0.1, -0.05) is 15.9 Å². The van der Waals surface area contributed by atoms with Crippen molar-refractivity contribution in [2.75, 3.05) is 19.0 Å². The number of pyridine rings is 1. The van der Waals surface area contributed by atoms with E-state index in [-0.39, 0.29) is 5.91 Å². The molecule has 1 atom stereocenters. The number of halogens is 1. The predicted molar refractivity (Wildman–Crippen MR) is 68.6 cm³/mol. The van der Waals surface area contributed by atoms with Crippen LogP contribution in [-0.2, 0) is 0 Å². The largest absolute Gasteiger partial charge is 0.494 e. The highest BCUT2D eigenvalue weighted by Gasteiger charge is 2.29. The highest BCUT2D eigenvalue weighted by molar-refractivity contribution is 9.09. The number of alkyl halides is 1. The third kappa shape index (κ3) is 2.44. The summed E-state index contributed by atoms with van der Waals surface area (Å²) in [5, 5.41) is 0.826. The quantitative estimate of drug-likeness (QED) is 0.803. The maximum Gasteiger partial charge on any atom is 0.258 e. The molecule has 17 heavy (non-hydrogen) atoms. The van der Waals surface area contributed by atoms with Crippen molar-refractivity contribution in [3.63, 3.8) is 0 Å². The van der Waals surface area contributed by atoms with E-state index in [9.17, 15) is 4.79 Å². The Morgan fingerprint density at radius 1 is 1.71 bits per heavy atom. The number of rotatable bonds is 3. The normalized spacial score (nSPS) is 19.4. The average Bonchev–Trinajstić information content (AvgIpc) is 2.86. The number of amides is 1. The summed E-state index contributed by atoms with van der Waals surface area (Å²) in [5.74, 6) is 0.573. The fourth-order valence-corrected chi connectivity index (χ4v) is 2.81. The molecule has 0 radical (unpaired) electrons. The van der Waals surface area contributed by atoms with Crippen LogP contribution in [0.5, 0.6) is 5.75 Å². The first-order chi connectivity index (χ1) is 8.27. The second-order valence-corrected chi connectivity index (χ2v) is 4.67. The molecule has 0 bridgehead atoms. The third-order valence-corrected chi connectivity index (χ3v) is 3.80. The van der Waals surface area contributed by atoms with Crippen LogP contribution in [0.3, 0.4) is 0 Å². The fraction of sp³-hybridized carbons (Fsp3) is 0.500. The Balaban J connectivity index is 2.24. The van der Waals surface area contributed by atoms with Gasteiger partial charge in [0.2, 0.25) is 0 Å². The predicted octanol–water partition coefficient (Wildman–Crippen LogP) is 2.09. The van der Waals surface area contributed by atoms with E-state index in [4.69, 9.17) is 4.74 Å². The summed E-state index contributed by atoms with van der Waals surface area (Å²) in [4.78, 5) is 18.3. The summed E-state index contributed by atoms with van der Waals surface area (Å²) < 4.78 is 5.17. The molecule has 1 saturated heterocycles. The monoisotopic (exact) mass is 298 g/mol. The molecule has 1 aliphatic heterocycles. The summed E-state index contributed by atoms with van der Waals surface area (Å²) in [7, 11) is 1.56. The van der Waals surface area contributed by atoms with Gasteiger partial charge in [-0.2, -0.15) is 0 Å². The zero-order valence-corrected chi connectivity index (χ0v) is 11.3. The standard InChI is InChI=1S/C12H15BrN2O2/c1-17-11-8-14-5-4-10(11)12(16)15-6-2-3-9(15)7-13/h4-5,8-9H,2-3,6-7H2,1H3. The van der Waals surface area contributed by atoms with E-state index in [0.29, 0.717) is 17.4 Å². The second-order valence-electron chi connectivity index (χ2n) is 4.02. The molecule has 4 nitrogen and oxygen atoms in total. The lowest BCUT2D eigenvalue weighted by molar-refractivity contribution is 0.0747. The van der Waals surface area contributed by atoms with Gasteiger partial charge < -0.3 is 9.64 Å². The molecular formula is C12H15BrN2O2. The smallest absolute Gasteiger partial charge is 0.258 e. The van der Waals surface area contributed by atoms with Crippen LogP contribution >= 0.6 is 15.9 Å². The average molecular weight is 299 g/mol. The first-order valence-electron chi connectivity index (χ1n) is 5.63. The van der Waals surface area contributed by atoms with Gasteiger partial charge in [-0.05, 0) is 18.9 Å². The van der Waals surface area contributed by atoms with Gasteiger partial charge in [-0.15, -0.1) is 0 Å². The molecule has 0 aromatic carbocycles. The summed E-state index contributed by atoms with van der Waals surface area (Å²) in [6.45, 7) is 0.820. The van der Waals surface area contributed by atoms with Crippen LogP contribution in [0, 0.1) is 0 Å². The second kappa shape index (κ2) is 5.49. The molecule has 2 rings (SSSR count). The van der Waals surface area contributed by atoms with E-state index in [1.165, 1.54) is 0 Å². The zero-order chi connectivity index (χ0) is 12.3. The summed E-state index contributed by atoms with van der Waals surface area (Å²) in [5.41, 5.74) is 0.593. The molecule has 1 aliphatic rings. The van der Waals surface area contributed by atoms with Crippen LogP contribution in [0.15, 0.2) is 18.5 Å². The van der Waals surface area contributed by atoms with Gasteiger partial charge in [-0.3, -0.25) is 9.78 Å². The van der Waals surface area contributed by atoms with Crippen molar-refractivity contribution in [2.24, 2.45) is 0 Å². The van der Waals surface area contributed by atoms with E-state index < -0.39 is 0 Å². The first-order valence-corrected chi connectivity index (χ1v) is 6.75. The van der Waals surface area contributed by atoms with Gasteiger partial charge in [0, 0.05) is 24.1 Å². The molecule has 1 aromatic rings. The van der Waals surface area contributed by atoms with Gasteiger partial charge in [0.15, 0.2) is 0 Å². The topological polar surface area (TPSA) is 42.4 Å². The third-order valence-electron chi connectivity index (χ3n) is 3.05. The molecule has 92 valence electrons. The van der Waals surface area contributed by atoms with E-state index in [0.717, 1.165) is 24.7 Å². The molecule has 0 N–H and O–H groups in total. The number of carbonyl (C=O) groups is 1. The Bertz CT molecular complexity index is 411. The Morgan fingerprint density at radius 2 is 2.53 bits per heavy atom. The van der Waals surface area contributed by atoms with Crippen molar-refractivity contribution in [3.8, 4) is 5.75 Å². The van der Waals surface area contributed by atoms with E-state index in [2.05, 4.69) is 20.9 Å². The number of methoxy groups -OCH3 is 1. The SMILES string of the molecule is COc1cnccc1C(=O)N1CCCC1CBr. The molecule has 1 fully saturated rings. The van der Waals surface area contributed by atoms with Gasteiger partial charge in [0.05, 0.1) is 18.9 Å². The minimum absolute atomic E-state index is 0.0335. The molecule has 1 amide bonds. The Morgan fingerprint density at radius 3 is 3.24 bits per heavy atom. The maximum atomic E-state index is 12.4. The van der Waals surface area contributed by atoms with Gasteiger partial charge in [0.1, 0.15) is 5.75 Å². The summed E-state index contributed by atoms with van der Waals surface area (Å²) >= 11 is 3.46. The molecule has 1 unspecified atom stereocenters. The first kappa shape index (κ1) is 12.4.